The summed E-state index contributed by atoms with van der Waals surface area (Å²) in [6, 6.07) is 16.3. The predicted molar refractivity (Wildman–Crippen MR) is 139 cm³/mol. The summed E-state index contributed by atoms with van der Waals surface area (Å²) in [6.07, 6.45) is 7.02. The Balaban J connectivity index is 1.90. The average Bonchev–Trinajstić information content (AvgIpc) is 3.11. The van der Waals surface area contributed by atoms with Gasteiger partial charge in [-0.1, -0.05) is 68.3 Å². The fourth-order valence-corrected chi connectivity index (χ4v) is 4.18. The number of aliphatic hydroxyl groups excluding tert-OH is 1. The lowest BCUT2D eigenvalue weighted by Crippen LogP contribution is -2.33. The van der Waals surface area contributed by atoms with Gasteiger partial charge in [-0.2, -0.15) is 0 Å². The van der Waals surface area contributed by atoms with Gasteiger partial charge in [0, 0.05) is 6.54 Å². The zero-order valence-corrected chi connectivity index (χ0v) is 20.9. The van der Waals surface area contributed by atoms with Gasteiger partial charge in [0.2, 0.25) is 0 Å². The van der Waals surface area contributed by atoms with Crippen LogP contribution in [0.25, 0.3) is 6.08 Å². The number of hydrogen-bond acceptors (Lipinski definition) is 5. The van der Waals surface area contributed by atoms with Crippen LogP contribution in [0.2, 0.25) is 0 Å². The lowest BCUT2D eigenvalue weighted by Gasteiger charge is -2.27. The highest BCUT2D eigenvalue weighted by Crippen LogP contribution is 2.39. The van der Waals surface area contributed by atoms with Gasteiger partial charge in [-0.15, -0.1) is 0 Å². The molecule has 0 radical (unpaired) electrons. The third-order valence-corrected chi connectivity index (χ3v) is 5.99. The maximum Gasteiger partial charge on any atom is 0.290 e. The third-order valence-electron chi connectivity index (χ3n) is 5.99. The van der Waals surface area contributed by atoms with Crippen molar-refractivity contribution < 1.29 is 19.4 Å². The van der Waals surface area contributed by atoms with Crippen molar-refractivity contribution >= 4 is 17.8 Å². The number of rotatable bonds is 13. The molecule has 2 aromatic carbocycles. The van der Waals surface area contributed by atoms with Crippen LogP contribution in [-0.2, 0) is 9.59 Å². The zero-order chi connectivity index (χ0) is 25.2. The second-order valence-electron chi connectivity index (χ2n) is 9.06. The molecule has 0 aromatic heterocycles. The number of aliphatic hydroxyl groups is 1. The molecule has 1 N–H and O–H groups in total. The Morgan fingerprint density at radius 2 is 1.86 bits per heavy atom. The summed E-state index contributed by atoms with van der Waals surface area (Å²) in [5.74, 6) is -0.678. The Morgan fingerprint density at radius 3 is 2.57 bits per heavy atom. The van der Waals surface area contributed by atoms with Crippen molar-refractivity contribution in [3.8, 4) is 5.75 Å². The number of carbonyl (C=O) groups is 2. The number of hydrogen-bond donors (Lipinski definition) is 1. The number of unbranched alkanes of at least 4 members (excludes halogenated alkanes) is 2. The Morgan fingerprint density at radius 1 is 1.09 bits per heavy atom. The number of carbonyl (C=O) groups excluding carboxylic acids is 2. The van der Waals surface area contributed by atoms with Gasteiger partial charge in [0.1, 0.15) is 5.75 Å². The summed E-state index contributed by atoms with van der Waals surface area (Å²) in [5, 5.41) is 10.8. The van der Waals surface area contributed by atoms with Crippen LogP contribution in [0.1, 0.15) is 49.8 Å². The van der Waals surface area contributed by atoms with Crippen LogP contribution in [0.4, 0.5) is 0 Å². The van der Waals surface area contributed by atoms with E-state index >= 15 is 0 Å². The highest BCUT2D eigenvalue weighted by Gasteiger charge is 2.42. The summed E-state index contributed by atoms with van der Waals surface area (Å²) in [7, 11) is 3.95. The standard InChI is InChI=1S/C29H36N2O4/c1-4-5-9-20-35-24-15-10-14-23(21-24)27-26(25(32)17-16-22-12-7-6-8-13-22)28(33)29(34)31(27)19-11-18-30(2)3/h6-8,10,12-17,21,27,33H,4-5,9,11,18-20H2,1-3H3/b17-16+. The van der Waals surface area contributed by atoms with Crippen LogP contribution in [0, 0.1) is 0 Å². The molecule has 1 heterocycles. The first-order valence-electron chi connectivity index (χ1n) is 12.3. The van der Waals surface area contributed by atoms with Crippen molar-refractivity contribution in [1.82, 2.24) is 9.80 Å². The highest BCUT2D eigenvalue weighted by atomic mass is 16.5. The van der Waals surface area contributed by atoms with Gasteiger partial charge in [0.15, 0.2) is 11.5 Å². The maximum absolute atomic E-state index is 13.3. The molecule has 35 heavy (non-hydrogen) atoms. The molecule has 1 aliphatic heterocycles. The molecule has 1 aliphatic rings. The highest BCUT2D eigenvalue weighted by molar-refractivity contribution is 6.14. The van der Waals surface area contributed by atoms with E-state index in [0.717, 1.165) is 43.4 Å². The van der Waals surface area contributed by atoms with Crippen molar-refractivity contribution in [2.75, 3.05) is 33.8 Å². The fourth-order valence-electron chi connectivity index (χ4n) is 4.18. The molecule has 0 saturated carbocycles. The van der Waals surface area contributed by atoms with Crippen molar-refractivity contribution in [2.45, 2.75) is 38.6 Å². The molecule has 0 fully saturated rings. The van der Waals surface area contributed by atoms with E-state index in [9.17, 15) is 14.7 Å². The van der Waals surface area contributed by atoms with Gasteiger partial charge in [0.25, 0.3) is 5.91 Å². The summed E-state index contributed by atoms with van der Waals surface area (Å²) in [4.78, 5) is 30.0. The van der Waals surface area contributed by atoms with E-state index in [1.807, 2.05) is 73.6 Å². The zero-order valence-electron chi connectivity index (χ0n) is 20.9. The van der Waals surface area contributed by atoms with E-state index in [1.165, 1.54) is 6.08 Å². The number of allylic oxidation sites excluding steroid dienone is 1. The van der Waals surface area contributed by atoms with E-state index in [0.29, 0.717) is 18.9 Å². The Hall–Kier alpha value is -3.38. The van der Waals surface area contributed by atoms with Crippen LogP contribution >= 0.6 is 0 Å². The van der Waals surface area contributed by atoms with Crippen molar-refractivity contribution in [1.29, 1.82) is 0 Å². The molecule has 6 nitrogen and oxygen atoms in total. The lowest BCUT2D eigenvalue weighted by atomic mass is 9.95. The average molecular weight is 477 g/mol. The van der Waals surface area contributed by atoms with Crippen molar-refractivity contribution in [3.05, 3.63) is 83.1 Å². The summed E-state index contributed by atoms with van der Waals surface area (Å²) < 4.78 is 5.92. The Labute approximate surface area is 208 Å². The van der Waals surface area contributed by atoms with Crippen molar-refractivity contribution in [3.63, 3.8) is 0 Å². The summed E-state index contributed by atoms with van der Waals surface area (Å²) >= 11 is 0. The maximum atomic E-state index is 13.3. The Bertz CT molecular complexity index is 1060. The quantitative estimate of drug-likeness (QED) is 0.318. The first kappa shape index (κ1) is 26.2. The number of ketones is 1. The van der Waals surface area contributed by atoms with E-state index in [1.54, 1.807) is 11.0 Å². The lowest BCUT2D eigenvalue weighted by molar-refractivity contribution is -0.129. The third kappa shape index (κ3) is 7.06. The molecular formula is C29H36N2O4. The van der Waals surface area contributed by atoms with E-state index in [-0.39, 0.29) is 11.4 Å². The van der Waals surface area contributed by atoms with Gasteiger partial charge < -0.3 is 19.6 Å². The molecule has 1 unspecified atom stereocenters. The molecule has 0 bridgehead atoms. The second-order valence-corrected chi connectivity index (χ2v) is 9.06. The van der Waals surface area contributed by atoms with Crippen LogP contribution in [0.15, 0.2) is 72.0 Å². The minimum Gasteiger partial charge on any atom is -0.503 e. The topological polar surface area (TPSA) is 70.1 Å². The van der Waals surface area contributed by atoms with Crippen LogP contribution in [-0.4, -0.2) is 60.4 Å². The molecule has 1 atom stereocenters. The first-order chi connectivity index (χ1) is 16.9. The molecule has 0 saturated heterocycles. The molecule has 2 aromatic rings. The molecule has 6 heteroatoms. The summed E-state index contributed by atoms with van der Waals surface area (Å²) in [6.45, 7) is 3.97. The SMILES string of the molecule is CCCCCOc1cccc(C2C(C(=O)/C=C/c3ccccc3)=C(O)C(=O)N2CCCN(C)C)c1. The monoisotopic (exact) mass is 476 g/mol. The van der Waals surface area contributed by atoms with Crippen molar-refractivity contribution in [2.24, 2.45) is 0 Å². The molecule has 3 rings (SSSR count). The van der Waals surface area contributed by atoms with Gasteiger partial charge >= 0.3 is 0 Å². The van der Waals surface area contributed by atoms with Crippen LogP contribution < -0.4 is 4.74 Å². The number of amides is 1. The van der Waals surface area contributed by atoms with Gasteiger partial charge in [-0.3, -0.25) is 9.59 Å². The largest absolute Gasteiger partial charge is 0.503 e. The summed E-state index contributed by atoms with van der Waals surface area (Å²) in [5.41, 5.74) is 1.72. The van der Waals surface area contributed by atoms with Gasteiger partial charge in [0.05, 0.1) is 18.2 Å². The number of ether oxygens (including phenoxy) is 1. The van der Waals surface area contributed by atoms with Crippen LogP contribution in [0.5, 0.6) is 5.75 Å². The van der Waals surface area contributed by atoms with Gasteiger partial charge in [-0.05, 0) is 62.8 Å². The van der Waals surface area contributed by atoms with E-state index < -0.39 is 17.7 Å². The minimum absolute atomic E-state index is 0.107. The second kappa shape index (κ2) is 12.9. The molecule has 186 valence electrons. The molecule has 1 amide bonds. The van der Waals surface area contributed by atoms with Gasteiger partial charge in [-0.25, -0.2) is 0 Å². The molecule has 0 spiro atoms. The normalized spacial score (nSPS) is 16.1. The number of nitrogens with zero attached hydrogens (tertiary/aromatic N) is 2. The number of benzene rings is 2. The predicted octanol–water partition coefficient (Wildman–Crippen LogP) is 5.19. The smallest absolute Gasteiger partial charge is 0.290 e. The molecule has 0 aliphatic carbocycles. The first-order valence-corrected chi connectivity index (χ1v) is 12.3. The van der Waals surface area contributed by atoms with E-state index in [2.05, 4.69) is 6.92 Å². The minimum atomic E-state index is -0.670. The molecular weight excluding hydrogens is 440 g/mol. The van der Waals surface area contributed by atoms with Crippen LogP contribution in [0.3, 0.4) is 0 Å². The fraction of sp³-hybridized carbons (Fsp3) is 0.379. The Kier molecular flexibility index (Phi) is 9.67. The van der Waals surface area contributed by atoms with E-state index in [4.69, 9.17) is 4.74 Å².